The topological polar surface area (TPSA) is 75.4 Å². The quantitative estimate of drug-likeness (QED) is 0.850. The average molecular weight is 236 g/mol. The second-order valence-corrected chi connectivity index (χ2v) is 3.35. The fraction of sp³-hybridized carbons (Fsp3) is 0.0909. The summed E-state index contributed by atoms with van der Waals surface area (Å²) in [5, 5.41) is 11.5. The highest BCUT2D eigenvalue weighted by Gasteiger charge is 2.07. The van der Waals surface area contributed by atoms with Crippen molar-refractivity contribution in [3.63, 3.8) is 0 Å². The predicted octanol–water partition coefficient (Wildman–Crippen LogP) is 2.12. The van der Waals surface area contributed by atoms with E-state index in [1.165, 1.54) is 18.3 Å². The Kier molecular flexibility index (Phi) is 3.04. The van der Waals surface area contributed by atoms with Crippen LogP contribution in [0.2, 0.25) is 0 Å². The highest BCUT2D eigenvalue weighted by Crippen LogP contribution is 2.12. The Bertz CT molecular complexity index is 539. The normalized spacial score (nSPS) is 10.2. The van der Waals surface area contributed by atoms with Gasteiger partial charge >= 0.3 is 5.97 Å². The highest BCUT2D eigenvalue weighted by molar-refractivity contribution is 5.87. The molecule has 0 fully saturated rings. The van der Waals surface area contributed by atoms with Crippen LogP contribution in [0.3, 0.4) is 0 Å². The number of aromatic carboxylic acids is 1. The summed E-state index contributed by atoms with van der Waals surface area (Å²) < 4.78 is 17.8. The number of hydrogen-bond donors (Lipinski definition) is 2. The molecule has 0 radical (unpaired) electrons. The van der Waals surface area contributed by atoms with E-state index in [0.717, 1.165) is 12.5 Å². The molecule has 2 N–H and O–H groups in total. The molecule has 0 spiro atoms. The van der Waals surface area contributed by atoms with Gasteiger partial charge in [-0.3, -0.25) is 4.98 Å². The zero-order valence-corrected chi connectivity index (χ0v) is 8.68. The summed E-state index contributed by atoms with van der Waals surface area (Å²) in [4.78, 5) is 14.3. The Hall–Kier alpha value is -2.37. The maximum atomic E-state index is 12.8. The van der Waals surface area contributed by atoms with Crippen LogP contribution in [0.15, 0.2) is 35.2 Å². The monoisotopic (exact) mass is 236 g/mol. The first-order valence-electron chi connectivity index (χ1n) is 4.80. The molecule has 88 valence electrons. The van der Waals surface area contributed by atoms with Gasteiger partial charge in [-0.15, -0.1) is 0 Å². The number of carbonyl (C=O) groups is 1. The third-order valence-electron chi connectivity index (χ3n) is 2.07. The molecule has 2 aromatic rings. The summed E-state index contributed by atoms with van der Waals surface area (Å²) in [6.45, 7) is 0.262. The second kappa shape index (κ2) is 4.65. The molecule has 0 saturated carbocycles. The van der Waals surface area contributed by atoms with Crippen LogP contribution in [0.5, 0.6) is 0 Å². The number of pyridine rings is 1. The van der Waals surface area contributed by atoms with Crippen molar-refractivity contribution in [1.82, 2.24) is 4.98 Å². The minimum atomic E-state index is -1.05. The van der Waals surface area contributed by atoms with Crippen molar-refractivity contribution in [3.8, 4) is 0 Å². The molecule has 0 unspecified atom stereocenters. The van der Waals surface area contributed by atoms with E-state index in [2.05, 4.69) is 10.3 Å². The molecule has 0 saturated heterocycles. The summed E-state index contributed by atoms with van der Waals surface area (Å²) in [5.41, 5.74) is 0.581. The van der Waals surface area contributed by atoms with E-state index in [1.807, 2.05) is 0 Å². The lowest BCUT2D eigenvalue weighted by molar-refractivity contribution is 0.0696. The molecule has 2 heterocycles. The number of aromatic nitrogens is 1. The van der Waals surface area contributed by atoms with Gasteiger partial charge in [-0.1, -0.05) is 0 Å². The molecule has 17 heavy (non-hydrogen) atoms. The van der Waals surface area contributed by atoms with Gasteiger partial charge in [0.15, 0.2) is 0 Å². The molecular formula is C11H9FN2O3. The van der Waals surface area contributed by atoms with Crippen LogP contribution in [0.25, 0.3) is 0 Å². The van der Waals surface area contributed by atoms with Crippen molar-refractivity contribution in [2.45, 2.75) is 6.54 Å². The lowest BCUT2D eigenvalue weighted by Gasteiger charge is -2.02. The molecule has 6 heteroatoms. The first kappa shape index (κ1) is 11.1. The van der Waals surface area contributed by atoms with Crippen LogP contribution in [0.4, 0.5) is 10.1 Å². The molecule has 2 aromatic heterocycles. The molecule has 2 rings (SSSR count). The lowest BCUT2D eigenvalue weighted by Crippen LogP contribution is -1.99. The van der Waals surface area contributed by atoms with Gasteiger partial charge in [-0.2, -0.15) is 0 Å². The summed E-state index contributed by atoms with van der Waals surface area (Å²) in [7, 11) is 0. The molecular weight excluding hydrogens is 227 g/mol. The van der Waals surface area contributed by atoms with Crippen molar-refractivity contribution in [3.05, 3.63) is 47.9 Å². The number of furan rings is 1. The Morgan fingerprint density at radius 2 is 2.29 bits per heavy atom. The Morgan fingerprint density at radius 1 is 1.47 bits per heavy atom. The van der Waals surface area contributed by atoms with Gasteiger partial charge in [0.25, 0.3) is 0 Å². The Balaban J connectivity index is 2.00. The van der Waals surface area contributed by atoms with Gasteiger partial charge in [0.05, 0.1) is 30.2 Å². The first-order valence-corrected chi connectivity index (χ1v) is 4.80. The molecule has 0 atom stereocenters. The fourth-order valence-electron chi connectivity index (χ4n) is 1.28. The van der Waals surface area contributed by atoms with Crippen LogP contribution >= 0.6 is 0 Å². The van der Waals surface area contributed by atoms with E-state index >= 15 is 0 Å². The van der Waals surface area contributed by atoms with E-state index in [4.69, 9.17) is 9.52 Å². The summed E-state index contributed by atoms with van der Waals surface area (Å²) in [6.07, 6.45) is 3.72. The third-order valence-corrected chi connectivity index (χ3v) is 2.07. The zero-order chi connectivity index (χ0) is 12.3. The van der Waals surface area contributed by atoms with Crippen molar-refractivity contribution in [2.24, 2.45) is 0 Å². The van der Waals surface area contributed by atoms with Gasteiger partial charge < -0.3 is 14.8 Å². The number of carboxylic acid groups (broad SMARTS) is 1. The van der Waals surface area contributed by atoms with Gasteiger partial charge in [0.1, 0.15) is 17.8 Å². The van der Waals surface area contributed by atoms with Crippen molar-refractivity contribution in [2.75, 3.05) is 5.32 Å². The second-order valence-electron chi connectivity index (χ2n) is 3.35. The first-order chi connectivity index (χ1) is 8.15. The molecule has 0 bridgehead atoms. The third kappa shape index (κ3) is 2.81. The maximum absolute atomic E-state index is 12.8. The van der Waals surface area contributed by atoms with E-state index in [1.54, 1.807) is 0 Å². The van der Waals surface area contributed by atoms with Crippen LogP contribution in [-0.2, 0) is 6.54 Å². The van der Waals surface area contributed by atoms with Gasteiger partial charge in [0, 0.05) is 6.07 Å². The number of anilines is 1. The van der Waals surface area contributed by atoms with Crippen molar-refractivity contribution >= 4 is 11.7 Å². The van der Waals surface area contributed by atoms with Crippen LogP contribution in [0.1, 0.15) is 16.1 Å². The number of rotatable bonds is 4. The predicted molar refractivity (Wildman–Crippen MR) is 57.2 cm³/mol. The molecule has 0 aliphatic heterocycles. The number of nitrogens with one attached hydrogen (secondary N) is 1. The number of nitrogens with zero attached hydrogens (tertiary/aromatic N) is 1. The van der Waals surface area contributed by atoms with Gasteiger partial charge in [0.2, 0.25) is 0 Å². The van der Waals surface area contributed by atoms with Crippen LogP contribution in [0, 0.1) is 5.82 Å². The minimum absolute atomic E-state index is 0.0826. The smallest absolute Gasteiger partial charge is 0.338 e. The SMILES string of the molecule is O=C(O)c1coc(CNc2cncc(F)c2)c1. The average Bonchev–Trinajstić information content (AvgIpc) is 2.75. The number of halogens is 1. The maximum Gasteiger partial charge on any atom is 0.338 e. The number of carboxylic acids is 1. The number of hydrogen-bond acceptors (Lipinski definition) is 4. The minimum Gasteiger partial charge on any atom is -0.478 e. The lowest BCUT2D eigenvalue weighted by atomic mass is 10.3. The standard InChI is InChI=1S/C11H9FN2O3/c12-8-2-9(4-13-3-8)14-5-10-1-7(6-17-10)11(15)16/h1-4,6,14H,5H2,(H,15,16). The van der Waals surface area contributed by atoms with Crippen molar-refractivity contribution < 1.29 is 18.7 Å². The molecule has 0 amide bonds. The van der Waals surface area contributed by atoms with E-state index in [9.17, 15) is 9.18 Å². The zero-order valence-electron chi connectivity index (χ0n) is 8.68. The van der Waals surface area contributed by atoms with E-state index in [-0.39, 0.29) is 12.1 Å². The van der Waals surface area contributed by atoms with Crippen LogP contribution in [-0.4, -0.2) is 16.1 Å². The van der Waals surface area contributed by atoms with Gasteiger partial charge in [-0.25, -0.2) is 9.18 Å². The molecule has 0 aliphatic rings. The van der Waals surface area contributed by atoms with Crippen LogP contribution < -0.4 is 5.32 Å². The summed E-state index contributed by atoms with van der Waals surface area (Å²) in [5.74, 6) is -1.04. The molecule has 0 aliphatic carbocycles. The van der Waals surface area contributed by atoms with Gasteiger partial charge in [-0.05, 0) is 6.07 Å². The van der Waals surface area contributed by atoms with E-state index in [0.29, 0.717) is 11.4 Å². The highest BCUT2D eigenvalue weighted by atomic mass is 19.1. The summed E-state index contributed by atoms with van der Waals surface area (Å²) >= 11 is 0. The Morgan fingerprint density at radius 3 is 2.94 bits per heavy atom. The van der Waals surface area contributed by atoms with E-state index < -0.39 is 11.8 Å². The molecule has 0 aromatic carbocycles. The molecule has 5 nitrogen and oxygen atoms in total. The summed E-state index contributed by atoms with van der Waals surface area (Å²) in [6, 6.07) is 2.69. The van der Waals surface area contributed by atoms with Crippen molar-refractivity contribution in [1.29, 1.82) is 0 Å². The fourth-order valence-corrected chi connectivity index (χ4v) is 1.28. The Labute approximate surface area is 95.9 Å². The largest absolute Gasteiger partial charge is 0.478 e.